The summed E-state index contributed by atoms with van der Waals surface area (Å²) in [5.41, 5.74) is 6.19. The Morgan fingerprint density at radius 2 is 2.11 bits per heavy atom. The standard InChI is InChI=1S/C15H25N3O/c1-10(9-11-5-6-11)17-13-8-7-12(16)14(18-13)19-15(2,3)4/h7-8,10-11H,5-6,9,16H2,1-4H3,(H,17,18). The molecule has 0 aliphatic heterocycles. The molecule has 2 rings (SSSR count). The Balaban J connectivity index is 2.02. The van der Waals surface area contributed by atoms with Crippen molar-refractivity contribution in [3.05, 3.63) is 12.1 Å². The normalized spacial score (nSPS) is 17.1. The molecule has 0 saturated heterocycles. The number of hydrogen-bond acceptors (Lipinski definition) is 4. The molecule has 4 heteroatoms. The molecule has 1 aliphatic rings. The average molecular weight is 263 g/mol. The zero-order valence-electron chi connectivity index (χ0n) is 12.4. The van der Waals surface area contributed by atoms with E-state index in [-0.39, 0.29) is 5.60 Å². The van der Waals surface area contributed by atoms with Crippen molar-refractivity contribution in [1.29, 1.82) is 0 Å². The van der Waals surface area contributed by atoms with E-state index in [1.54, 1.807) is 0 Å². The van der Waals surface area contributed by atoms with Gasteiger partial charge in [-0.1, -0.05) is 12.8 Å². The maximum atomic E-state index is 5.90. The van der Waals surface area contributed by atoms with Crippen LogP contribution < -0.4 is 15.8 Å². The van der Waals surface area contributed by atoms with E-state index < -0.39 is 0 Å². The number of pyridine rings is 1. The topological polar surface area (TPSA) is 60.2 Å². The average Bonchev–Trinajstić information content (AvgIpc) is 3.04. The van der Waals surface area contributed by atoms with Crippen LogP contribution in [0, 0.1) is 5.92 Å². The SMILES string of the molecule is CC(CC1CC1)Nc1ccc(N)c(OC(C)(C)C)n1. The third-order valence-corrected chi connectivity index (χ3v) is 3.07. The second-order valence-electron chi connectivity index (χ2n) is 6.53. The quantitative estimate of drug-likeness (QED) is 0.854. The summed E-state index contributed by atoms with van der Waals surface area (Å²) in [4.78, 5) is 4.47. The minimum absolute atomic E-state index is 0.292. The summed E-state index contributed by atoms with van der Waals surface area (Å²) in [6.07, 6.45) is 3.96. The van der Waals surface area contributed by atoms with Gasteiger partial charge >= 0.3 is 0 Å². The molecule has 0 bridgehead atoms. The van der Waals surface area contributed by atoms with Crippen LogP contribution >= 0.6 is 0 Å². The van der Waals surface area contributed by atoms with Gasteiger partial charge in [-0.3, -0.25) is 0 Å². The van der Waals surface area contributed by atoms with Gasteiger partial charge in [0.25, 0.3) is 0 Å². The number of nitrogens with two attached hydrogens (primary N) is 1. The molecule has 0 amide bonds. The second kappa shape index (κ2) is 5.27. The van der Waals surface area contributed by atoms with Crippen LogP contribution in [0.4, 0.5) is 11.5 Å². The number of nitrogens with zero attached hydrogens (tertiary/aromatic N) is 1. The Hall–Kier alpha value is -1.45. The number of aromatic nitrogens is 1. The lowest BCUT2D eigenvalue weighted by molar-refractivity contribution is 0.125. The molecular weight excluding hydrogens is 238 g/mol. The van der Waals surface area contributed by atoms with Gasteiger partial charge in [-0.15, -0.1) is 0 Å². The van der Waals surface area contributed by atoms with Crippen LogP contribution in [0.25, 0.3) is 0 Å². The first-order valence-corrected chi connectivity index (χ1v) is 7.05. The molecule has 1 fully saturated rings. The molecule has 1 atom stereocenters. The van der Waals surface area contributed by atoms with Crippen LogP contribution in [-0.4, -0.2) is 16.6 Å². The number of ether oxygens (including phenoxy) is 1. The zero-order valence-corrected chi connectivity index (χ0v) is 12.4. The van der Waals surface area contributed by atoms with Gasteiger partial charge in [0.15, 0.2) is 0 Å². The van der Waals surface area contributed by atoms with Crippen LogP contribution in [0.5, 0.6) is 5.88 Å². The van der Waals surface area contributed by atoms with E-state index >= 15 is 0 Å². The molecule has 106 valence electrons. The molecule has 0 spiro atoms. The van der Waals surface area contributed by atoms with E-state index in [0.29, 0.717) is 17.6 Å². The van der Waals surface area contributed by atoms with Crippen molar-refractivity contribution in [2.75, 3.05) is 11.1 Å². The molecule has 0 aromatic carbocycles. The monoisotopic (exact) mass is 263 g/mol. The Morgan fingerprint density at radius 3 is 2.68 bits per heavy atom. The molecule has 1 aliphatic carbocycles. The third kappa shape index (κ3) is 4.62. The lowest BCUT2D eigenvalue weighted by atomic mass is 10.1. The van der Waals surface area contributed by atoms with Crippen LogP contribution in [0.2, 0.25) is 0 Å². The molecule has 1 heterocycles. The van der Waals surface area contributed by atoms with E-state index in [0.717, 1.165) is 11.7 Å². The van der Waals surface area contributed by atoms with Crippen molar-refractivity contribution in [2.24, 2.45) is 5.92 Å². The first kappa shape index (κ1) is 14.0. The summed E-state index contributed by atoms with van der Waals surface area (Å²) < 4.78 is 5.77. The van der Waals surface area contributed by atoms with E-state index in [9.17, 15) is 0 Å². The highest BCUT2D eigenvalue weighted by Gasteiger charge is 2.23. The Labute approximate surface area is 115 Å². The van der Waals surface area contributed by atoms with Gasteiger partial charge in [0.2, 0.25) is 5.88 Å². The first-order valence-electron chi connectivity index (χ1n) is 7.05. The van der Waals surface area contributed by atoms with Crippen molar-refractivity contribution in [3.63, 3.8) is 0 Å². The fraction of sp³-hybridized carbons (Fsp3) is 0.667. The van der Waals surface area contributed by atoms with E-state index in [4.69, 9.17) is 10.5 Å². The third-order valence-electron chi connectivity index (χ3n) is 3.07. The van der Waals surface area contributed by atoms with Crippen LogP contribution in [0.15, 0.2) is 12.1 Å². The molecule has 3 N–H and O–H groups in total. The summed E-state index contributed by atoms with van der Waals surface area (Å²) in [5.74, 6) is 2.25. The largest absolute Gasteiger partial charge is 0.470 e. The Bertz CT molecular complexity index is 436. The van der Waals surface area contributed by atoms with Gasteiger partial charge in [0.05, 0.1) is 5.69 Å². The van der Waals surface area contributed by atoms with Crippen LogP contribution in [0.1, 0.15) is 47.0 Å². The highest BCUT2D eigenvalue weighted by atomic mass is 16.5. The predicted molar refractivity (Wildman–Crippen MR) is 79.5 cm³/mol. The zero-order chi connectivity index (χ0) is 14.0. The van der Waals surface area contributed by atoms with E-state index in [1.165, 1.54) is 19.3 Å². The van der Waals surface area contributed by atoms with Crippen molar-refractivity contribution >= 4 is 11.5 Å². The van der Waals surface area contributed by atoms with Gasteiger partial charge in [-0.25, -0.2) is 0 Å². The van der Waals surface area contributed by atoms with Gasteiger partial charge in [-0.2, -0.15) is 4.98 Å². The van der Waals surface area contributed by atoms with Crippen molar-refractivity contribution in [2.45, 2.75) is 58.6 Å². The van der Waals surface area contributed by atoms with E-state index in [1.807, 2.05) is 32.9 Å². The molecule has 1 saturated carbocycles. The molecule has 1 aromatic rings. The fourth-order valence-corrected chi connectivity index (χ4v) is 2.07. The number of nitrogens with one attached hydrogen (secondary N) is 1. The summed E-state index contributed by atoms with van der Waals surface area (Å²) in [5, 5.41) is 3.42. The highest BCUT2D eigenvalue weighted by Crippen LogP contribution is 2.34. The Morgan fingerprint density at radius 1 is 1.42 bits per heavy atom. The number of hydrogen-bond donors (Lipinski definition) is 2. The van der Waals surface area contributed by atoms with Crippen LogP contribution in [0.3, 0.4) is 0 Å². The molecule has 1 aromatic heterocycles. The van der Waals surface area contributed by atoms with Gasteiger partial charge in [-0.05, 0) is 52.2 Å². The Kier molecular flexibility index (Phi) is 3.88. The van der Waals surface area contributed by atoms with Crippen LogP contribution in [-0.2, 0) is 0 Å². The highest BCUT2D eigenvalue weighted by molar-refractivity contribution is 5.54. The van der Waals surface area contributed by atoms with Crippen molar-refractivity contribution in [1.82, 2.24) is 4.98 Å². The predicted octanol–water partition coefficient (Wildman–Crippen LogP) is 3.44. The van der Waals surface area contributed by atoms with Crippen molar-refractivity contribution < 1.29 is 4.74 Å². The fourth-order valence-electron chi connectivity index (χ4n) is 2.07. The second-order valence-corrected chi connectivity index (χ2v) is 6.53. The summed E-state index contributed by atoms with van der Waals surface area (Å²) in [6.45, 7) is 8.17. The maximum absolute atomic E-state index is 5.90. The van der Waals surface area contributed by atoms with Gasteiger partial charge < -0.3 is 15.8 Å². The molecule has 0 radical (unpaired) electrons. The number of rotatable bonds is 5. The smallest absolute Gasteiger partial charge is 0.239 e. The molecule has 19 heavy (non-hydrogen) atoms. The number of anilines is 2. The minimum atomic E-state index is -0.292. The summed E-state index contributed by atoms with van der Waals surface area (Å²) in [7, 11) is 0. The first-order chi connectivity index (χ1) is 8.83. The lowest BCUT2D eigenvalue weighted by Gasteiger charge is -2.22. The van der Waals surface area contributed by atoms with Crippen molar-refractivity contribution in [3.8, 4) is 5.88 Å². The summed E-state index contributed by atoms with van der Waals surface area (Å²) in [6, 6.07) is 4.19. The molecule has 4 nitrogen and oxygen atoms in total. The maximum Gasteiger partial charge on any atom is 0.239 e. The molecule has 1 unspecified atom stereocenters. The summed E-state index contributed by atoms with van der Waals surface area (Å²) >= 11 is 0. The molecular formula is C15H25N3O. The lowest BCUT2D eigenvalue weighted by Crippen LogP contribution is -2.24. The van der Waals surface area contributed by atoms with Gasteiger partial charge in [0, 0.05) is 6.04 Å². The van der Waals surface area contributed by atoms with Gasteiger partial charge in [0.1, 0.15) is 11.4 Å². The minimum Gasteiger partial charge on any atom is -0.470 e. The number of nitrogen functional groups attached to an aromatic ring is 1. The van der Waals surface area contributed by atoms with E-state index in [2.05, 4.69) is 17.2 Å².